The summed E-state index contributed by atoms with van der Waals surface area (Å²) in [5.41, 5.74) is 7.05. The number of carbonyl (C=O) groups is 3. The van der Waals surface area contributed by atoms with Crippen molar-refractivity contribution < 1.29 is 27.5 Å². The number of sulfonamides is 1. The number of nitrogens with one attached hydrogen (secondary N) is 4. The number of benzene rings is 3. The predicted octanol–water partition coefficient (Wildman–Crippen LogP) is 1.69. The van der Waals surface area contributed by atoms with Crippen molar-refractivity contribution in [3.8, 4) is 22.9 Å². The molecule has 4 N–H and O–H groups in total. The number of hydrogen-bond acceptors (Lipinski definition) is 7. The maximum Gasteiger partial charge on any atom is 0.276 e. The van der Waals surface area contributed by atoms with Gasteiger partial charge in [-0.2, -0.15) is 5.26 Å². The van der Waals surface area contributed by atoms with Gasteiger partial charge in [-0.15, -0.1) is 0 Å². The zero-order valence-corrected chi connectivity index (χ0v) is 20.5. The van der Waals surface area contributed by atoms with Crippen LogP contribution in [0, 0.1) is 11.3 Å². The molecular weight excluding hydrogens is 498 g/mol. The lowest BCUT2D eigenvalue weighted by molar-refractivity contribution is -0.129. The van der Waals surface area contributed by atoms with E-state index in [1.165, 1.54) is 31.2 Å². The van der Waals surface area contributed by atoms with Gasteiger partial charge in [-0.1, -0.05) is 24.3 Å². The van der Waals surface area contributed by atoms with E-state index < -0.39 is 28.4 Å². The van der Waals surface area contributed by atoms with Gasteiger partial charge in [0.1, 0.15) is 5.75 Å². The third kappa shape index (κ3) is 8.17. The molecule has 3 rings (SSSR count). The average molecular weight is 522 g/mol. The molecule has 0 radical (unpaired) electrons. The number of anilines is 1. The molecule has 12 heteroatoms. The summed E-state index contributed by atoms with van der Waals surface area (Å²) in [6.45, 7) is 0.323. The second-order valence-corrected chi connectivity index (χ2v) is 9.40. The van der Waals surface area contributed by atoms with Gasteiger partial charge in [-0.25, -0.2) is 13.1 Å². The van der Waals surface area contributed by atoms with Crippen molar-refractivity contribution in [2.45, 2.75) is 11.8 Å². The molecule has 37 heavy (non-hydrogen) atoms. The number of amides is 3. The van der Waals surface area contributed by atoms with Gasteiger partial charge in [-0.3, -0.25) is 25.2 Å². The molecule has 0 atom stereocenters. The number of ether oxygens (including phenoxy) is 1. The smallest absolute Gasteiger partial charge is 0.276 e. The van der Waals surface area contributed by atoms with Crippen LogP contribution in [0.5, 0.6) is 5.75 Å². The summed E-state index contributed by atoms with van der Waals surface area (Å²) in [6.07, 6.45) is 0. The zero-order valence-electron chi connectivity index (χ0n) is 19.6. The van der Waals surface area contributed by atoms with E-state index in [9.17, 15) is 22.8 Å². The van der Waals surface area contributed by atoms with Gasteiger partial charge in [0.05, 0.1) is 23.1 Å². The lowest BCUT2D eigenvalue weighted by Crippen LogP contribution is -2.47. The zero-order chi connectivity index (χ0) is 26.8. The number of rotatable bonds is 9. The van der Waals surface area contributed by atoms with Crippen LogP contribution in [-0.4, -0.2) is 39.3 Å². The van der Waals surface area contributed by atoms with Crippen LogP contribution in [0.1, 0.15) is 12.5 Å². The lowest BCUT2D eigenvalue weighted by atomic mass is 10.0. The van der Waals surface area contributed by atoms with Crippen LogP contribution >= 0.6 is 0 Å². The fraction of sp³-hybridized carbons (Fsp3) is 0.120. The van der Waals surface area contributed by atoms with Crippen molar-refractivity contribution in [3.63, 3.8) is 0 Å². The van der Waals surface area contributed by atoms with Gasteiger partial charge < -0.3 is 10.1 Å². The highest BCUT2D eigenvalue weighted by molar-refractivity contribution is 7.89. The Hall–Kier alpha value is -4.73. The largest absolute Gasteiger partial charge is 0.484 e. The van der Waals surface area contributed by atoms with Gasteiger partial charge in [0.25, 0.3) is 11.8 Å². The summed E-state index contributed by atoms with van der Waals surface area (Å²) < 4.78 is 32.1. The first kappa shape index (κ1) is 26.9. The molecule has 0 aliphatic rings. The molecule has 11 nitrogen and oxygen atoms in total. The number of hydrazine groups is 1. The Bertz CT molecular complexity index is 1410. The van der Waals surface area contributed by atoms with E-state index in [0.717, 1.165) is 11.1 Å². The minimum absolute atomic E-state index is 0.1000. The molecule has 0 bridgehead atoms. The SMILES string of the molecule is CC(=O)Nc1ccc(S(=O)(=O)NCC(=O)NNC(=O)COc2ccc(-c3ccc(C#N)cc3)cc2)cc1. The van der Waals surface area contributed by atoms with Crippen molar-refractivity contribution in [2.75, 3.05) is 18.5 Å². The summed E-state index contributed by atoms with van der Waals surface area (Å²) >= 11 is 0. The summed E-state index contributed by atoms with van der Waals surface area (Å²) in [7, 11) is -3.99. The van der Waals surface area contributed by atoms with Crippen molar-refractivity contribution >= 4 is 33.4 Å². The summed E-state index contributed by atoms with van der Waals surface area (Å²) in [5, 5.41) is 11.4. The van der Waals surface area contributed by atoms with Gasteiger partial charge in [0.2, 0.25) is 15.9 Å². The fourth-order valence-electron chi connectivity index (χ4n) is 3.01. The van der Waals surface area contributed by atoms with E-state index in [2.05, 4.69) is 27.0 Å². The van der Waals surface area contributed by atoms with E-state index >= 15 is 0 Å². The van der Waals surface area contributed by atoms with Gasteiger partial charge in [0, 0.05) is 12.6 Å². The predicted molar refractivity (Wildman–Crippen MR) is 134 cm³/mol. The van der Waals surface area contributed by atoms with Gasteiger partial charge in [0.15, 0.2) is 6.61 Å². The lowest BCUT2D eigenvalue weighted by Gasteiger charge is -2.10. The topological polar surface area (TPSA) is 166 Å². The van der Waals surface area contributed by atoms with Crippen LogP contribution in [0.25, 0.3) is 11.1 Å². The molecule has 0 aromatic heterocycles. The second-order valence-electron chi connectivity index (χ2n) is 7.63. The Kier molecular flexibility index (Phi) is 8.93. The molecule has 3 aromatic carbocycles. The molecule has 0 saturated heterocycles. The minimum Gasteiger partial charge on any atom is -0.484 e. The van der Waals surface area contributed by atoms with E-state index in [-0.39, 0.29) is 17.4 Å². The summed E-state index contributed by atoms with van der Waals surface area (Å²) in [4.78, 5) is 34.8. The highest BCUT2D eigenvalue weighted by atomic mass is 32.2. The first-order valence-corrected chi connectivity index (χ1v) is 12.3. The molecule has 0 spiro atoms. The molecule has 0 heterocycles. The minimum atomic E-state index is -3.99. The van der Waals surface area contributed by atoms with Crippen molar-refractivity contribution in [1.29, 1.82) is 5.26 Å². The molecule has 3 amide bonds. The van der Waals surface area contributed by atoms with E-state index in [4.69, 9.17) is 10.00 Å². The van der Waals surface area contributed by atoms with Crippen LogP contribution < -0.4 is 25.6 Å². The highest BCUT2D eigenvalue weighted by Gasteiger charge is 2.16. The van der Waals surface area contributed by atoms with Crippen molar-refractivity contribution in [2.24, 2.45) is 0 Å². The van der Waals surface area contributed by atoms with Crippen LogP contribution in [-0.2, 0) is 24.4 Å². The monoisotopic (exact) mass is 521 g/mol. The number of nitriles is 1. The summed E-state index contributed by atoms with van der Waals surface area (Å²) in [5.74, 6) is -1.31. The number of nitrogens with zero attached hydrogens (tertiary/aromatic N) is 1. The normalized spacial score (nSPS) is 10.6. The Labute approximate surface area is 213 Å². The molecule has 190 valence electrons. The Morgan fingerprint density at radius 1 is 0.838 bits per heavy atom. The van der Waals surface area contributed by atoms with Crippen LogP contribution in [0.4, 0.5) is 5.69 Å². The molecule has 0 aliphatic heterocycles. The first-order valence-electron chi connectivity index (χ1n) is 10.8. The van der Waals surface area contributed by atoms with E-state index in [1.807, 2.05) is 12.1 Å². The second kappa shape index (κ2) is 12.3. The maximum atomic E-state index is 12.3. The van der Waals surface area contributed by atoms with E-state index in [1.54, 1.807) is 36.4 Å². The molecular formula is C25H23N5O6S. The third-order valence-corrected chi connectivity index (χ3v) is 6.24. The van der Waals surface area contributed by atoms with E-state index in [0.29, 0.717) is 17.0 Å². The Balaban J connectivity index is 1.40. The first-order chi connectivity index (χ1) is 17.7. The average Bonchev–Trinajstić information content (AvgIpc) is 2.90. The number of carbonyl (C=O) groups excluding carboxylic acids is 3. The Morgan fingerprint density at radius 2 is 1.41 bits per heavy atom. The molecule has 0 fully saturated rings. The highest BCUT2D eigenvalue weighted by Crippen LogP contribution is 2.22. The maximum absolute atomic E-state index is 12.3. The standard InChI is InChI=1S/C25H23N5O6S/c1-17(31)28-21-8-12-23(13-9-21)37(34,35)27-15-24(32)29-30-25(33)16-36-22-10-6-20(7-11-22)19-4-2-18(14-26)3-5-19/h2-13,27H,15-16H2,1H3,(H,28,31)(H,29,32)(H,30,33). The fourth-order valence-corrected chi connectivity index (χ4v) is 4.00. The summed E-state index contributed by atoms with van der Waals surface area (Å²) in [6, 6.07) is 21.5. The Morgan fingerprint density at radius 3 is 1.97 bits per heavy atom. The molecule has 0 aliphatic carbocycles. The van der Waals surface area contributed by atoms with Crippen molar-refractivity contribution in [1.82, 2.24) is 15.6 Å². The van der Waals surface area contributed by atoms with Crippen LogP contribution in [0.3, 0.4) is 0 Å². The molecule has 0 saturated carbocycles. The van der Waals surface area contributed by atoms with Gasteiger partial charge >= 0.3 is 0 Å². The third-order valence-electron chi connectivity index (χ3n) is 4.82. The van der Waals surface area contributed by atoms with Crippen LogP contribution in [0.15, 0.2) is 77.7 Å². The molecule has 0 unspecified atom stereocenters. The van der Waals surface area contributed by atoms with Crippen LogP contribution in [0.2, 0.25) is 0 Å². The molecule has 3 aromatic rings. The van der Waals surface area contributed by atoms with Crippen molar-refractivity contribution in [3.05, 3.63) is 78.4 Å². The number of hydrogen-bond donors (Lipinski definition) is 4. The quantitative estimate of drug-likeness (QED) is 0.311. The van der Waals surface area contributed by atoms with Gasteiger partial charge in [-0.05, 0) is 59.7 Å².